The van der Waals surface area contributed by atoms with Gasteiger partial charge >= 0.3 is 41.5 Å². The number of carbonyl (C=O) groups excluding carboxylic acids is 1. The van der Waals surface area contributed by atoms with E-state index in [2.05, 4.69) is 58.1 Å². The van der Waals surface area contributed by atoms with Crippen LogP contribution in [0.2, 0.25) is 10.0 Å². The van der Waals surface area contributed by atoms with Gasteiger partial charge in [-0.05, 0) is 142 Å². The van der Waals surface area contributed by atoms with Crippen LogP contribution >= 0.6 is 68.5 Å². The van der Waals surface area contributed by atoms with Crippen molar-refractivity contribution in [3.8, 4) is 43.7 Å². The number of anilines is 2. The van der Waals surface area contributed by atoms with Crippen LogP contribution < -0.4 is 39.4 Å². The predicted octanol–water partition coefficient (Wildman–Crippen LogP) is 12.0. The summed E-state index contributed by atoms with van der Waals surface area (Å²) in [5.41, 5.74) is 8.79. The van der Waals surface area contributed by atoms with Crippen LogP contribution in [0.3, 0.4) is 0 Å². The Balaban J connectivity index is 0.000000233. The largest absolute Gasteiger partial charge is 1.00 e. The van der Waals surface area contributed by atoms with Gasteiger partial charge in [0.1, 0.15) is 21.4 Å². The Labute approximate surface area is 535 Å². The summed E-state index contributed by atoms with van der Waals surface area (Å²) in [6, 6.07) is 20.3. The van der Waals surface area contributed by atoms with Gasteiger partial charge in [0.15, 0.2) is 22.5 Å². The van der Waals surface area contributed by atoms with Gasteiger partial charge in [-0.1, -0.05) is 47.5 Å². The second-order valence-corrected chi connectivity index (χ2v) is 27.6. The molecule has 2 saturated heterocycles. The number of rotatable bonds is 14. The van der Waals surface area contributed by atoms with Crippen molar-refractivity contribution in [1.82, 2.24) is 29.7 Å². The van der Waals surface area contributed by atoms with E-state index in [4.69, 9.17) is 57.3 Å². The molecule has 2 aliphatic heterocycles. The molecule has 8 aromatic rings. The van der Waals surface area contributed by atoms with Gasteiger partial charge in [-0.25, -0.2) is 29.5 Å². The van der Waals surface area contributed by atoms with Crippen molar-refractivity contribution in [3.63, 3.8) is 0 Å². The Morgan fingerprint density at radius 1 is 0.590 bits per heavy atom. The number of hydrogen-bond donors (Lipinski definition) is 1. The maximum absolute atomic E-state index is 13.2. The second kappa shape index (κ2) is 27.7. The molecule has 83 heavy (non-hydrogen) atoms. The van der Waals surface area contributed by atoms with Crippen LogP contribution in [0.1, 0.15) is 104 Å². The number of carboxylic acids is 1. The van der Waals surface area contributed by atoms with E-state index >= 15 is 0 Å². The summed E-state index contributed by atoms with van der Waals surface area (Å²) in [7, 11) is 1.39. The number of carboxylic acid groups (broad SMARTS) is 1. The number of esters is 1. The molecular weight excluding hydrogens is 1180 g/mol. The summed E-state index contributed by atoms with van der Waals surface area (Å²) in [6.07, 6.45) is -2.05. The first-order valence-electron chi connectivity index (χ1n) is 27.3. The average Bonchev–Trinajstić information content (AvgIpc) is 4.48. The maximum atomic E-state index is 13.2. The Morgan fingerprint density at radius 3 is 1.29 bits per heavy atom. The molecule has 0 aliphatic carbocycles. The summed E-state index contributed by atoms with van der Waals surface area (Å²) >= 11 is 18.9. The number of fused-ring (bicyclic) bond motifs is 2. The van der Waals surface area contributed by atoms with E-state index in [1.54, 1.807) is 34.0 Å². The number of thiazole rings is 4. The molecule has 0 radical (unpaired) electrons. The zero-order valence-electron chi connectivity index (χ0n) is 49.8. The first-order valence-corrected chi connectivity index (χ1v) is 31.5. The third-order valence-corrected chi connectivity index (χ3v) is 18.8. The summed E-state index contributed by atoms with van der Waals surface area (Å²) < 4.78 is 19.6. The van der Waals surface area contributed by atoms with Gasteiger partial charge in [-0.15, -0.1) is 45.3 Å². The van der Waals surface area contributed by atoms with Gasteiger partial charge in [0.2, 0.25) is 0 Å². The number of piperazine rings is 2. The number of halogens is 2. The molecule has 0 amide bonds. The third kappa shape index (κ3) is 15.5. The van der Waals surface area contributed by atoms with Gasteiger partial charge in [0, 0.05) is 108 Å². The van der Waals surface area contributed by atoms with Crippen molar-refractivity contribution >= 4 is 111 Å². The molecule has 22 heteroatoms. The van der Waals surface area contributed by atoms with Crippen molar-refractivity contribution < 1.29 is 63.9 Å². The van der Waals surface area contributed by atoms with Crippen LogP contribution in [0, 0.1) is 13.8 Å². The smallest absolute Gasteiger partial charge is 0.870 e. The molecule has 0 spiro atoms. The Hall–Kier alpha value is -4.16. The number of hydrogen-bond acceptors (Lipinski definition) is 18. The van der Waals surface area contributed by atoms with Gasteiger partial charge in [0.05, 0.1) is 38.7 Å². The minimum absolute atomic E-state index is 0. The molecule has 0 bridgehead atoms. The fraction of sp³-hybridized carbons (Fsp3) is 0.443. The summed E-state index contributed by atoms with van der Waals surface area (Å²) in [5.74, 6) is -1.47. The first-order chi connectivity index (χ1) is 38.4. The molecule has 4 aromatic carbocycles. The molecule has 2 aliphatic rings. The average molecular weight is 1250 g/mol. The normalized spacial score (nSPS) is 15.3. The molecule has 2 N–H and O–H groups in total. The van der Waals surface area contributed by atoms with Crippen molar-refractivity contribution in [1.29, 1.82) is 0 Å². The van der Waals surface area contributed by atoms with E-state index in [0.29, 0.717) is 27.7 Å². The Kier molecular flexibility index (Phi) is 22.1. The number of methoxy groups -OCH3 is 1. The van der Waals surface area contributed by atoms with Crippen LogP contribution in [0.15, 0.2) is 71.4 Å². The molecule has 438 valence electrons. The van der Waals surface area contributed by atoms with Crippen LogP contribution in [0.25, 0.3) is 64.1 Å². The number of aryl methyl sites for hydroxylation is 2. The summed E-state index contributed by atoms with van der Waals surface area (Å²) in [4.78, 5) is 55.4. The fourth-order valence-electron chi connectivity index (χ4n) is 10.3. The zero-order valence-corrected chi connectivity index (χ0v) is 56.6. The molecule has 6 heterocycles. The van der Waals surface area contributed by atoms with Crippen LogP contribution in [0.5, 0.6) is 0 Å². The van der Waals surface area contributed by atoms with E-state index in [9.17, 15) is 14.7 Å². The number of carbonyl (C=O) groups is 2. The summed E-state index contributed by atoms with van der Waals surface area (Å²) in [5, 5.41) is 19.4. The number of nitrogens with zero attached hydrogens (tertiary/aromatic N) is 8. The zero-order chi connectivity index (χ0) is 58.2. The second-order valence-electron chi connectivity index (χ2n) is 23.1. The summed E-state index contributed by atoms with van der Waals surface area (Å²) in [6.45, 7) is 32.3. The van der Waals surface area contributed by atoms with Gasteiger partial charge in [0.25, 0.3) is 0 Å². The van der Waals surface area contributed by atoms with E-state index in [1.165, 1.54) is 18.4 Å². The van der Waals surface area contributed by atoms with E-state index in [1.807, 2.05) is 116 Å². The predicted molar refractivity (Wildman–Crippen MR) is 338 cm³/mol. The molecule has 4 aromatic heterocycles. The molecule has 0 unspecified atom stereocenters. The number of benzene rings is 4. The molecular formula is C61H73Cl2N8NaO7S4. The molecule has 10 rings (SSSR count). The minimum Gasteiger partial charge on any atom is -0.870 e. The molecule has 2 fully saturated rings. The third-order valence-electron chi connectivity index (χ3n) is 14.3. The van der Waals surface area contributed by atoms with E-state index in [0.717, 1.165) is 143 Å². The topological polar surface area (TPSA) is 177 Å². The van der Waals surface area contributed by atoms with Crippen molar-refractivity contribution in [3.05, 3.63) is 104 Å². The van der Waals surface area contributed by atoms with Gasteiger partial charge in [-0.3, -0.25) is 9.80 Å². The standard InChI is InChI=1S/C31H37ClN4O3S2.C30H35ClN4O3S2.Na.H2O/c1-18(2)35-12-14-36(15-13-35)30-34-23(17-40-30)28-33-22-16-19(3)24(26(29(37)38-7)39-31(4,5)6)25(27(22)41-28)20-8-10-21(32)11-9-20;1-17(2)34-11-13-35(14-12-34)29-33-22(16-39-29)27-32-21-15-18(3)23(25(28(36)37)38-30(4,5)6)24(26(21)40-27)19-7-9-20(31)10-8-19;;/h8-11,16-18,26H,12-15H2,1-7H3;7-10,15-17,25H,11-14H2,1-6H3,(H,36,37);;1H2/q;;+1;/p-1/t26-;25-;;/m00../s1. The van der Waals surface area contributed by atoms with Gasteiger partial charge in [-0.2, -0.15) is 0 Å². The molecule has 0 saturated carbocycles. The van der Waals surface area contributed by atoms with Crippen LogP contribution in [-0.2, 0) is 23.8 Å². The van der Waals surface area contributed by atoms with Crippen molar-refractivity contribution in [2.45, 2.75) is 119 Å². The quantitative estimate of drug-likeness (QED) is 0.0803. The molecule has 2 atom stereocenters. The van der Waals surface area contributed by atoms with Crippen LogP contribution in [0.4, 0.5) is 10.3 Å². The number of aliphatic carboxylic acids is 1. The first kappa shape index (κ1) is 66.4. The fourth-order valence-corrected chi connectivity index (χ4v) is 14.6. The van der Waals surface area contributed by atoms with E-state index < -0.39 is 35.3 Å². The minimum atomic E-state index is -1.14. The Bertz CT molecular complexity index is 3520. The number of ether oxygens (including phenoxy) is 3. The maximum Gasteiger partial charge on any atom is 1.00 e. The number of aromatic nitrogens is 4. The molecule has 15 nitrogen and oxygen atoms in total. The van der Waals surface area contributed by atoms with Gasteiger partial charge < -0.3 is 34.6 Å². The Morgan fingerprint density at radius 2 is 0.952 bits per heavy atom. The van der Waals surface area contributed by atoms with Crippen LogP contribution in [-0.4, -0.2) is 135 Å². The SMILES string of the molecule is COC(=O)[C@@H](OC(C)(C)C)c1c(C)cc2nc(-c3csc(N4CCN(C(C)C)CC4)n3)sc2c1-c1ccc(Cl)cc1.Cc1cc2nc(-c3csc(N4CCN(C(C)C)CC4)n3)sc2c(-c2ccc(Cl)cc2)c1[C@H](OC(C)(C)C)C(=O)O.[Na+].[OH-]. The van der Waals surface area contributed by atoms with E-state index in [-0.39, 0.29) is 35.0 Å². The van der Waals surface area contributed by atoms with Crippen molar-refractivity contribution in [2.75, 3.05) is 69.3 Å². The monoisotopic (exact) mass is 1250 g/mol. The van der Waals surface area contributed by atoms with Crippen molar-refractivity contribution in [2.24, 2.45) is 0 Å².